The summed E-state index contributed by atoms with van der Waals surface area (Å²) in [5, 5.41) is 6.70. The Morgan fingerprint density at radius 2 is 0.675 bits per heavy atom. The van der Waals surface area contributed by atoms with Crippen LogP contribution in [0, 0.1) is 6.92 Å². The molecule has 5 rings (SSSR count). The third kappa shape index (κ3) is 34.8. The summed E-state index contributed by atoms with van der Waals surface area (Å²) in [4.78, 5) is 3.78. The van der Waals surface area contributed by atoms with Gasteiger partial charge in [-0.05, 0) is 40.6 Å². The van der Waals surface area contributed by atoms with Crippen molar-refractivity contribution >= 4 is 22.1 Å². The number of benzene rings is 3. The highest BCUT2D eigenvalue weighted by molar-refractivity contribution is 7.07. The summed E-state index contributed by atoms with van der Waals surface area (Å²) < 4.78 is 0. The van der Waals surface area contributed by atoms with Gasteiger partial charge in [-0.15, -0.1) is 0 Å². The van der Waals surface area contributed by atoms with Crippen molar-refractivity contribution in [3.8, 4) is 0 Å². The molecular weight excluding hydrogens is 502 g/mol. The highest BCUT2D eigenvalue weighted by Gasteiger charge is 1.85. The van der Waals surface area contributed by atoms with E-state index in [0.717, 1.165) is 0 Å². The van der Waals surface area contributed by atoms with E-state index in [0.29, 0.717) is 0 Å². The van der Waals surface area contributed by atoms with Crippen LogP contribution in [-0.2, 0) is 0 Å². The first kappa shape index (κ1) is 46.6. The lowest BCUT2D eigenvalue weighted by atomic mass is 10.1. The lowest BCUT2D eigenvalue weighted by Gasteiger charge is -1.92. The molecule has 0 N–H and O–H groups in total. The molecule has 1 nitrogen and oxygen atoms in total. The first-order valence-corrected chi connectivity index (χ1v) is 16.1. The number of hydrogen-bond acceptors (Lipinski definition) is 2. The zero-order valence-corrected chi connectivity index (χ0v) is 28.9. The number of aryl methyl sites for hydroxylation is 1. The van der Waals surface area contributed by atoms with Gasteiger partial charge < -0.3 is 0 Å². The zero-order valence-electron chi connectivity index (χ0n) is 28.1. The van der Waals surface area contributed by atoms with Gasteiger partial charge in [-0.1, -0.05) is 186 Å². The van der Waals surface area contributed by atoms with E-state index in [4.69, 9.17) is 0 Å². The van der Waals surface area contributed by atoms with E-state index in [2.05, 4.69) is 72.6 Å². The Labute approximate surface area is 254 Å². The van der Waals surface area contributed by atoms with Crippen molar-refractivity contribution in [1.82, 2.24) is 4.98 Å². The van der Waals surface area contributed by atoms with E-state index in [1.165, 1.54) is 16.3 Å². The molecule has 5 aromatic rings. The first-order valence-electron chi connectivity index (χ1n) is 15.1. The van der Waals surface area contributed by atoms with E-state index < -0.39 is 0 Å². The van der Waals surface area contributed by atoms with Crippen LogP contribution in [0.1, 0.15) is 88.6 Å². The van der Waals surface area contributed by atoms with Gasteiger partial charge in [0.15, 0.2) is 0 Å². The molecule has 224 valence electrons. The van der Waals surface area contributed by atoms with Crippen LogP contribution in [0.15, 0.2) is 132 Å². The fourth-order valence-electron chi connectivity index (χ4n) is 2.21. The first-order chi connectivity index (χ1) is 19.9. The molecule has 2 heterocycles. The topological polar surface area (TPSA) is 12.9 Å². The van der Waals surface area contributed by atoms with Crippen LogP contribution in [0.5, 0.6) is 0 Å². The van der Waals surface area contributed by atoms with E-state index in [1.807, 2.05) is 142 Å². The van der Waals surface area contributed by atoms with Gasteiger partial charge in [0.1, 0.15) is 0 Å². The quantitative estimate of drug-likeness (QED) is 0.182. The third-order valence-corrected chi connectivity index (χ3v) is 4.22. The van der Waals surface area contributed by atoms with Gasteiger partial charge in [-0.3, -0.25) is 4.98 Å². The Morgan fingerprint density at radius 3 is 0.850 bits per heavy atom. The van der Waals surface area contributed by atoms with Crippen LogP contribution in [0.25, 0.3) is 10.8 Å². The molecule has 0 radical (unpaired) electrons. The van der Waals surface area contributed by atoms with Gasteiger partial charge in [-0.2, -0.15) is 11.3 Å². The van der Waals surface area contributed by atoms with Gasteiger partial charge in [0.25, 0.3) is 0 Å². The van der Waals surface area contributed by atoms with Gasteiger partial charge in [0, 0.05) is 12.4 Å². The van der Waals surface area contributed by atoms with Crippen molar-refractivity contribution in [2.75, 3.05) is 0 Å². The number of rotatable bonds is 0. The molecule has 0 fully saturated rings. The van der Waals surface area contributed by atoms with E-state index >= 15 is 0 Å². The number of fused-ring (bicyclic) bond motifs is 1. The van der Waals surface area contributed by atoms with Crippen LogP contribution in [0.2, 0.25) is 0 Å². The van der Waals surface area contributed by atoms with Crippen molar-refractivity contribution < 1.29 is 0 Å². The van der Waals surface area contributed by atoms with Crippen LogP contribution >= 0.6 is 11.3 Å². The second-order valence-corrected chi connectivity index (χ2v) is 6.64. The minimum atomic E-state index is 1.31. The van der Waals surface area contributed by atoms with Gasteiger partial charge in [0.05, 0.1) is 0 Å². The van der Waals surface area contributed by atoms with Crippen molar-refractivity contribution in [3.63, 3.8) is 0 Å². The van der Waals surface area contributed by atoms with Crippen LogP contribution in [0.4, 0.5) is 0 Å². The Kier molecular flexibility index (Phi) is 56.9. The Balaban J connectivity index is -0.000000123. The molecule has 3 aromatic carbocycles. The number of nitrogens with zero attached hydrogens (tertiary/aromatic N) is 1. The van der Waals surface area contributed by atoms with Gasteiger partial charge >= 0.3 is 0 Å². The van der Waals surface area contributed by atoms with Gasteiger partial charge in [-0.25, -0.2) is 0 Å². The second-order valence-electron chi connectivity index (χ2n) is 5.82. The predicted octanol–water partition coefficient (Wildman–Crippen LogP) is 13.8. The molecule has 40 heavy (non-hydrogen) atoms. The summed E-state index contributed by atoms with van der Waals surface area (Å²) >= 11 is 1.71. The Hall–Kier alpha value is -3.23. The summed E-state index contributed by atoms with van der Waals surface area (Å²) in [6, 6.07) is 36.7. The Morgan fingerprint density at radius 1 is 0.375 bits per heavy atom. The lowest BCUT2D eigenvalue weighted by molar-refractivity contribution is 1.33. The largest absolute Gasteiger partial charge is 0.265 e. The molecule has 0 saturated carbocycles. The molecule has 2 aromatic heterocycles. The zero-order chi connectivity index (χ0) is 31.7. The molecule has 0 aliphatic heterocycles. The fraction of sp³-hybridized carbons (Fsp3) is 0.342. The minimum Gasteiger partial charge on any atom is -0.265 e. The third-order valence-electron chi connectivity index (χ3n) is 3.59. The summed E-state index contributed by atoms with van der Waals surface area (Å²) in [5.41, 5.74) is 1.32. The van der Waals surface area contributed by atoms with Crippen molar-refractivity contribution in [3.05, 3.63) is 138 Å². The molecule has 0 saturated heterocycles. The molecule has 0 aliphatic carbocycles. The average molecular weight is 564 g/mol. The number of pyridine rings is 1. The average Bonchev–Trinajstić information content (AvgIpc) is 3.69. The summed E-state index contributed by atoms with van der Waals surface area (Å²) in [6.45, 7) is 26.1. The highest BCUT2D eigenvalue weighted by Crippen LogP contribution is 2.11. The molecule has 2 heteroatoms. The standard InChI is InChI=1S/C10H8.C7H8.C5H5N.C4H4S.6C2H6/c1-2-6-10-8-4-3-7-9(10)5-1;1-7-5-3-2-4-6-7;1-2-4-6-5-3-1;1-2-4-5-3-1;6*1-2/h1-8H;2-6H,1H3;1-5H;1-4H;6*1-2H3. The number of hydrogen-bond donors (Lipinski definition) is 0. The van der Waals surface area contributed by atoms with E-state index in [1.54, 1.807) is 23.7 Å². The maximum absolute atomic E-state index is 3.78. The number of thiophene rings is 1. The van der Waals surface area contributed by atoms with E-state index in [-0.39, 0.29) is 0 Å². The molecule has 0 amide bonds. The molecule has 0 aliphatic rings. The summed E-state index contributed by atoms with van der Waals surface area (Å²) in [7, 11) is 0. The SMILES string of the molecule is CC.CC.CC.CC.CC.CC.Cc1ccccc1.c1ccc2ccccc2c1.c1ccncc1.c1ccsc1. The maximum Gasteiger partial charge on any atom is 0.0267 e. The molecule has 0 spiro atoms. The maximum atomic E-state index is 3.78. The van der Waals surface area contributed by atoms with Gasteiger partial charge in [0.2, 0.25) is 0 Å². The fourth-order valence-corrected chi connectivity index (χ4v) is 2.66. The molecule has 0 bridgehead atoms. The van der Waals surface area contributed by atoms with Crippen LogP contribution in [-0.4, -0.2) is 4.98 Å². The summed E-state index contributed by atoms with van der Waals surface area (Å²) in [5.74, 6) is 0. The highest BCUT2D eigenvalue weighted by atomic mass is 32.1. The lowest BCUT2D eigenvalue weighted by Crippen LogP contribution is -1.67. The minimum absolute atomic E-state index is 1.31. The van der Waals surface area contributed by atoms with Crippen LogP contribution < -0.4 is 0 Å². The normalized spacial score (nSPS) is 7.12. The van der Waals surface area contributed by atoms with Crippen molar-refractivity contribution in [2.24, 2.45) is 0 Å². The van der Waals surface area contributed by atoms with E-state index in [9.17, 15) is 0 Å². The molecule has 0 unspecified atom stereocenters. The van der Waals surface area contributed by atoms with Crippen LogP contribution in [0.3, 0.4) is 0 Å². The second kappa shape index (κ2) is 48.8. The van der Waals surface area contributed by atoms with Crippen molar-refractivity contribution in [2.45, 2.75) is 90.0 Å². The smallest absolute Gasteiger partial charge is 0.0267 e. The summed E-state index contributed by atoms with van der Waals surface area (Å²) in [6.07, 6.45) is 3.50. The predicted molar refractivity (Wildman–Crippen MR) is 192 cm³/mol. The monoisotopic (exact) mass is 563 g/mol. The molecular formula is C38H61NS. The number of aromatic nitrogens is 1. The Bertz CT molecular complexity index is 856. The molecule has 0 atom stereocenters. The van der Waals surface area contributed by atoms with Crippen molar-refractivity contribution in [1.29, 1.82) is 0 Å².